The molecule has 0 spiro atoms. The van der Waals surface area contributed by atoms with Crippen LogP contribution in [0.15, 0.2) is 28.7 Å². The van der Waals surface area contributed by atoms with Gasteiger partial charge in [-0.3, -0.25) is 0 Å². The molecule has 2 aromatic rings. The molecule has 8 nitrogen and oxygen atoms in total. The number of esters is 2. The van der Waals surface area contributed by atoms with Crippen molar-refractivity contribution in [1.82, 2.24) is 0 Å². The van der Waals surface area contributed by atoms with Gasteiger partial charge in [0.15, 0.2) is 0 Å². The fourth-order valence-electron chi connectivity index (χ4n) is 2.84. The molecule has 2 saturated carbocycles. The summed E-state index contributed by atoms with van der Waals surface area (Å²) in [6, 6.07) is 6.41. The van der Waals surface area contributed by atoms with Crippen LogP contribution in [0.1, 0.15) is 57.9 Å². The fraction of sp³-hybridized carbons (Fsp3) is 0.364. The molecule has 4 rings (SSSR count). The second-order valence-corrected chi connectivity index (χ2v) is 9.49. The van der Waals surface area contributed by atoms with Crippen LogP contribution in [-0.4, -0.2) is 43.3 Å². The SMILES string of the molecule is COC(=O)c1cc(Cl)c(Br)cc1N.COC(=O)c1cc(Cl)c(C2CC2)cc1N.OB(O)C1CC1. The van der Waals surface area contributed by atoms with Gasteiger partial charge in [-0.1, -0.05) is 36.0 Å². The summed E-state index contributed by atoms with van der Waals surface area (Å²) in [7, 11) is 1.58. The molecule has 12 heteroatoms. The Bertz CT molecular complexity index is 1050. The Morgan fingerprint density at radius 3 is 1.76 bits per heavy atom. The number of rotatable bonds is 4. The van der Waals surface area contributed by atoms with E-state index in [4.69, 9.17) is 44.7 Å². The molecule has 0 aromatic heterocycles. The summed E-state index contributed by atoms with van der Waals surface area (Å²) >= 11 is 15.0. The molecule has 2 fully saturated rings. The summed E-state index contributed by atoms with van der Waals surface area (Å²) in [5, 5.41) is 17.5. The zero-order chi connectivity index (χ0) is 25.6. The van der Waals surface area contributed by atoms with Gasteiger partial charge in [0.1, 0.15) is 0 Å². The first-order valence-corrected chi connectivity index (χ1v) is 11.9. The van der Waals surface area contributed by atoms with Gasteiger partial charge < -0.3 is 31.0 Å². The number of benzene rings is 2. The van der Waals surface area contributed by atoms with Crippen molar-refractivity contribution in [3.05, 3.63) is 55.5 Å². The van der Waals surface area contributed by atoms with Crippen molar-refractivity contribution >= 4 is 69.6 Å². The molecule has 0 atom stereocenters. The average molecular weight is 576 g/mol. The summed E-state index contributed by atoms with van der Waals surface area (Å²) in [5.74, 6) is -0.208. The first-order valence-electron chi connectivity index (χ1n) is 10.4. The van der Waals surface area contributed by atoms with Gasteiger partial charge in [0.2, 0.25) is 0 Å². The smallest absolute Gasteiger partial charge is 0.454 e. The van der Waals surface area contributed by atoms with Crippen molar-refractivity contribution in [2.45, 2.75) is 37.4 Å². The van der Waals surface area contributed by atoms with Crippen molar-refractivity contribution in [3.8, 4) is 0 Å². The maximum absolute atomic E-state index is 11.3. The minimum Gasteiger partial charge on any atom is -0.465 e. The Balaban J connectivity index is 0.000000195. The Hall–Kier alpha value is -1.98. The first-order chi connectivity index (χ1) is 16.0. The largest absolute Gasteiger partial charge is 0.465 e. The lowest BCUT2D eigenvalue weighted by molar-refractivity contribution is 0.0593. The molecule has 0 unspecified atom stereocenters. The van der Waals surface area contributed by atoms with Crippen LogP contribution in [0.4, 0.5) is 11.4 Å². The lowest BCUT2D eigenvalue weighted by Crippen LogP contribution is -2.09. The van der Waals surface area contributed by atoms with Crippen LogP contribution in [-0.2, 0) is 9.47 Å². The minimum atomic E-state index is -1.04. The second kappa shape index (κ2) is 12.6. The number of hydrogen-bond acceptors (Lipinski definition) is 8. The third-order valence-electron chi connectivity index (χ3n) is 5.13. The monoisotopic (exact) mass is 574 g/mol. The van der Waals surface area contributed by atoms with Crippen molar-refractivity contribution in [2.75, 3.05) is 25.7 Å². The van der Waals surface area contributed by atoms with E-state index in [-0.39, 0.29) is 11.4 Å². The highest BCUT2D eigenvalue weighted by Gasteiger charge is 2.33. The lowest BCUT2D eigenvalue weighted by Gasteiger charge is -2.08. The van der Waals surface area contributed by atoms with Crippen molar-refractivity contribution in [1.29, 1.82) is 0 Å². The average Bonchev–Trinajstić information content (AvgIpc) is 3.70. The third-order valence-corrected chi connectivity index (χ3v) is 6.66. The highest BCUT2D eigenvalue weighted by Crippen LogP contribution is 2.44. The normalized spacial score (nSPS) is 14.1. The van der Waals surface area contributed by atoms with Crippen LogP contribution >= 0.6 is 39.1 Å². The number of carbonyl (C=O) groups is 2. The zero-order valence-corrected chi connectivity index (χ0v) is 21.8. The molecule has 0 saturated heterocycles. The minimum absolute atomic E-state index is 0.213. The topological polar surface area (TPSA) is 145 Å². The van der Waals surface area contributed by atoms with Gasteiger partial charge in [-0.05, 0) is 70.3 Å². The van der Waals surface area contributed by atoms with Crippen LogP contribution in [0.5, 0.6) is 0 Å². The van der Waals surface area contributed by atoms with Crippen LogP contribution in [0.3, 0.4) is 0 Å². The van der Waals surface area contributed by atoms with Crippen LogP contribution in [0, 0.1) is 0 Å². The Labute approximate surface area is 216 Å². The molecular formula is C22H26BBrCl2N2O6. The van der Waals surface area contributed by atoms with E-state index in [0.29, 0.717) is 37.4 Å². The van der Waals surface area contributed by atoms with E-state index >= 15 is 0 Å². The van der Waals surface area contributed by atoms with Crippen molar-refractivity contribution in [2.24, 2.45) is 0 Å². The first kappa shape index (κ1) is 28.3. The van der Waals surface area contributed by atoms with Gasteiger partial charge in [0, 0.05) is 20.9 Å². The molecule has 0 aliphatic heterocycles. The zero-order valence-electron chi connectivity index (χ0n) is 18.7. The molecule has 2 aliphatic rings. The van der Waals surface area contributed by atoms with Gasteiger partial charge in [0.05, 0.1) is 30.4 Å². The highest BCUT2D eigenvalue weighted by molar-refractivity contribution is 9.10. The molecule has 0 bridgehead atoms. The Kier molecular flexibility index (Phi) is 10.5. The van der Waals surface area contributed by atoms with Crippen LogP contribution in [0.2, 0.25) is 15.9 Å². The summed E-state index contributed by atoms with van der Waals surface area (Å²) < 4.78 is 9.78. The third kappa shape index (κ3) is 8.06. The fourth-order valence-corrected chi connectivity index (χ4v) is 3.69. The van der Waals surface area contributed by atoms with Gasteiger partial charge in [-0.15, -0.1) is 0 Å². The number of ether oxygens (including phenoxy) is 2. The quantitative estimate of drug-likeness (QED) is 0.233. The van der Waals surface area contributed by atoms with Gasteiger partial charge in [-0.25, -0.2) is 9.59 Å². The molecule has 2 aliphatic carbocycles. The number of carbonyl (C=O) groups excluding carboxylic acids is 2. The number of nitrogens with two attached hydrogens (primary N) is 2. The van der Waals surface area contributed by atoms with Crippen molar-refractivity contribution in [3.63, 3.8) is 0 Å². The number of methoxy groups -OCH3 is 2. The number of anilines is 2. The van der Waals surface area contributed by atoms with Crippen LogP contribution < -0.4 is 11.5 Å². The number of nitrogen functional groups attached to an aromatic ring is 2. The second-order valence-electron chi connectivity index (χ2n) is 7.82. The van der Waals surface area contributed by atoms with Gasteiger partial charge >= 0.3 is 19.1 Å². The van der Waals surface area contributed by atoms with Gasteiger partial charge in [0.25, 0.3) is 0 Å². The standard InChI is InChI=1S/C11H12ClNO2.C8H7BrClNO2.C3H7BO2/c1-15-11(14)8-4-9(12)7(5-10(8)13)6-2-3-6;1-13-8(12)4-2-6(10)5(9)3-7(4)11;5-4(6)3-1-2-3/h4-6H,2-3,13H2,1H3;2-3H,11H2,1H3;3,5-6H,1-2H2. The number of halogens is 3. The maximum Gasteiger partial charge on any atom is 0.454 e. The summed E-state index contributed by atoms with van der Waals surface area (Å²) in [6.07, 6.45) is 4.29. The highest BCUT2D eigenvalue weighted by atomic mass is 79.9. The van der Waals surface area contributed by atoms with E-state index in [1.807, 2.05) is 0 Å². The Morgan fingerprint density at radius 1 is 0.912 bits per heavy atom. The Morgan fingerprint density at radius 2 is 1.38 bits per heavy atom. The van der Waals surface area contributed by atoms with E-state index in [0.717, 1.165) is 31.2 Å². The summed E-state index contributed by atoms with van der Waals surface area (Å²) in [6.45, 7) is 0. The van der Waals surface area contributed by atoms with Gasteiger partial charge in [-0.2, -0.15) is 0 Å². The maximum atomic E-state index is 11.3. The van der Waals surface area contributed by atoms with Crippen molar-refractivity contribution < 1.29 is 29.1 Å². The lowest BCUT2D eigenvalue weighted by atomic mass is 9.84. The summed E-state index contributed by atoms with van der Waals surface area (Å²) in [5.41, 5.74) is 13.8. The molecule has 0 amide bonds. The van der Waals surface area contributed by atoms with E-state index < -0.39 is 19.1 Å². The molecule has 2 aromatic carbocycles. The van der Waals surface area contributed by atoms with E-state index in [9.17, 15) is 9.59 Å². The van der Waals surface area contributed by atoms with Crippen LogP contribution in [0.25, 0.3) is 0 Å². The molecule has 34 heavy (non-hydrogen) atoms. The predicted molar refractivity (Wildman–Crippen MR) is 137 cm³/mol. The van der Waals surface area contributed by atoms with E-state index in [1.165, 1.54) is 20.3 Å². The van der Waals surface area contributed by atoms with E-state index in [1.54, 1.807) is 18.2 Å². The summed E-state index contributed by atoms with van der Waals surface area (Å²) in [4.78, 5) is 22.4. The molecule has 0 heterocycles. The molecule has 184 valence electrons. The molecular weight excluding hydrogens is 550 g/mol. The van der Waals surface area contributed by atoms with E-state index in [2.05, 4.69) is 25.4 Å². The number of hydrogen-bond donors (Lipinski definition) is 4. The predicted octanol–water partition coefficient (Wildman–Crippen LogP) is 4.68. The molecule has 0 radical (unpaired) electrons. The molecule has 6 N–H and O–H groups in total.